The van der Waals surface area contributed by atoms with Gasteiger partial charge in [0, 0.05) is 31.0 Å². The summed E-state index contributed by atoms with van der Waals surface area (Å²) < 4.78 is 0. The van der Waals surface area contributed by atoms with Crippen molar-refractivity contribution < 1.29 is 4.92 Å². The molecule has 0 spiro atoms. The molecule has 1 aromatic rings. The molecule has 1 aliphatic heterocycles. The summed E-state index contributed by atoms with van der Waals surface area (Å²) in [6.07, 6.45) is 2.34. The number of aliphatic imine (C=N–C) groups is 1. The van der Waals surface area contributed by atoms with Crippen LogP contribution in [0.25, 0.3) is 0 Å². The number of aryl methyl sites for hydroxylation is 1. The van der Waals surface area contributed by atoms with Gasteiger partial charge >= 0.3 is 0 Å². The minimum absolute atomic E-state index is 0.119. The number of nitrogens with zero attached hydrogens (tertiary/aromatic N) is 3. The summed E-state index contributed by atoms with van der Waals surface area (Å²) in [5.74, 6) is 1.06. The number of unbranched alkanes of at least 4 members (excludes halogenated alkanes) is 1. The lowest BCUT2D eigenvalue weighted by Crippen LogP contribution is -2.25. The minimum Gasteiger partial charge on any atom is -0.350 e. The Bertz CT molecular complexity index is 531. The number of non-ortho nitro benzene ring substituents is 1. The van der Waals surface area contributed by atoms with Gasteiger partial charge in [0.1, 0.15) is 0 Å². The number of nitro benzene ring substituents is 1. The fraction of sp³-hybridized carbons (Fsp3) is 0.500. The molecule has 1 saturated heterocycles. The Morgan fingerprint density at radius 3 is 2.95 bits per heavy atom. The predicted octanol–water partition coefficient (Wildman–Crippen LogP) is 3.74. The van der Waals surface area contributed by atoms with Crippen molar-refractivity contribution in [2.24, 2.45) is 4.99 Å². The second-order valence-corrected chi connectivity index (χ2v) is 5.87. The van der Waals surface area contributed by atoms with Crippen LogP contribution in [0.5, 0.6) is 0 Å². The standard InChI is InChI=1S/C14H19N3O2S/c1-3-4-7-16-8-9-20-14(16)15-13-6-5-12(17(18)19)10-11(13)2/h5-6,10H,3-4,7-9H2,1-2H3. The molecule has 0 amide bonds. The zero-order valence-electron chi connectivity index (χ0n) is 11.8. The Morgan fingerprint density at radius 1 is 1.50 bits per heavy atom. The van der Waals surface area contributed by atoms with E-state index in [9.17, 15) is 10.1 Å². The van der Waals surface area contributed by atoms with Gasteiger partial charge in [0.05, 0.1) is 10.6 Å². The zero-order valence-corrected chi connectivity index (χ0v) is 12.7. The van der Waals surface area contributed by atoms with Gasteiger partial charge in [0.15, 0.2) is 5.17 Å². The molecule has 0 atom stereocenters. The quantitative estimate of drug-likeness (QED) is 0.613. The molecule has 1 heterocycles. The molecule has 0 N–H and O–H groups in total. The highest BCUT2D eigenvalue weighted by molar-refractivity contribution is 8.14. The molecule has 1 aliphatic rings. The molecular formula is C14H19N3O2S. The van der Waals surface area contributed by atoms with Gasteiger partial charge in [-0.1, -0.05) is 25.1 Å². The van der Waals surface area contributed by atoms with Crippen LogP contribution in [-0.4, -0.2) is 33.8 Å². The largest absolute Gasteiger partial charge is 0.350 e. The van der Waals surface area contributed by atoms with Crippen LogP contribution in [0, 0.1) is 17.0 Å². The molecule has 1 aromatic carbocycles. The topological polar surface area (TPSA) is 58.7 Å². The summed E-state index contributed by atoms with van der Waals surface area (Å²) in [7, 11) is 0. The molecule has 2 rings (SSSR count). The Labute approximate surface area is 123 Å². The van der Waals surface area contributed by atoms with E-state index in [2.05, 4.69) is 16.8 Å². The van der Waals surface area contributed by atoms with Gasteiger partial charge in [-0.25, -0.2) is 4.99 Å². The molecule has 0 unspecified atom stereocenters. The van der Waals surface area contributed by atoms with Crippen LogP contribution < -0.4 is 0 Å². The first kappa shape index (κ1) is 14.8. The van der Waals surface area contributed by atoms with Crippen molar-refractivity contribution in [2.45, 2.75) is 26.7 Å². The highest BCUT2D eigenvalue weighted by Crippen LogP contribution is 2.27. The summed E-state index contributed by atoms with van der Waals surface area (Å²) in [6.45, 7) is 6.12. The van der Waals surface area contributed by atoms with Gasteiger partial charge < -0.3 is 4.90 Å². The van der Waals surface area contributed by atoms with Crippen LogP contribution in [0.4, 0.5) is 11.4 Å². The Hall–Kier alpha value is -1.56. The second kappa shape index (κ2) is 6.74. The maximum atomic E-state index is 10.7. The third-order valence-corrected chi connectivity index (χ3v) is 4.25. The summed E-state index contributed by atoms with van der Waals surface area (Å²) in [5.41, 5.74) is 1.78. The Kier molecular flexibility index (Phi) is 5.00. The average Bonchev–Trinajstić information content (AvgIpc) is 2.85. The maximum absolute atomic E-state index is 10.7. The van der Waals surface area contributed by atoms with E-state index < -0.39 is 0 Å². The van der Waals surface area contributed by atoms with E-state index >= 15 is 0 Å². The third kappa shape index (κ3) is 3.50. The van der Waals surface area contributed by atoms with E-state index in [1.807, 2.05) is 6.92 Å². The molecule has 0 aliphatic carbocycles. The van der Waals surface area contributed by atoms with Crippen LogP contribution in [0.15, 0.2) is 23.2 Å². The van der Waals surface area contributed by atoms with E-state index in [0.717, 1.165) is 35.3 Å². The predicted molar refractivity (Wildman–Crippen MR) is 83.9 cm³/mol. The summed E-state index contributed by atoms with van der Waals surface area (Å²) in [5, 5.41) is 11.8. The number of benzene rings is 1. The smallest absolute Gasteiger partial charge is 0.269 e. The first-order valence-electron chi connectivity index (χ1n) is 6.83. The molecule has 1 fully saturated rings. The van der Waals surface area contributed by atoms with Crippen molar-refractivity contribution in [2.75, 3.05) is 18.8 Å². The Balaban J connectivity index is 2.19. The second-order valence-electron chi connectivity index (χ2n) is 4.81. The summed E-state index contributed by atoms with van der Waals surface area (Å²) in [6, 6.07) is 4.83. The van der Waals surface area contributed by atoms with Crippen molar-refractivity contribution in [3.8, 4) is 0 Å². The van der Waals surface area contributed by atoms with E-state index in [4.69, 9.17) is 0 Å². The molecule has 0 aromatic heterocycles. The lowest BCUT2D eigenvalue weighted by Gasteiger charge is -2.17. The van der Waals surface area contributed by atoms with E-state index in [0.29, 0.717) is 0 Å². The first-order valence-corrected chi connectivity index (χ1v) is 7.82. The summed E-state index contributed by atoms with van der Waals surface area (Å²) in [4.78, 5) is 17.3. The van der Waals surface area contributed by atoms with E-state index in [1.165, 1.54) is 18.9 Å². The van der Waals surface area contributed by atoms with Crippen molar-refractivity contribution in [1.82, 2.24) is 4.90 Å². The van der Waals surface area contributed by atoms with Crippen LogP contribution in [0.1, 0.15) is 25.3 Å². The van der Waals surface area contributed by atoms with Crippen LogP contribution in [0.3, 0.4) is 0 Å². The van der Waals surface area contributed by atoms with Crippen molar-refractivity contribution in [3.05, 3.63) is 33.9 Å². The molecule has 108 valence electrons. The van der Waals surface area contributed by atoms with E-state index in [1.54, 1.807) is 23.9 Å². The van der Waals surface area contributed by atoms with Crippen molar-refractivity contribution >= 4 is 28.3 Å². The highest BCUT2D eigenvalue weighted by atomic mass is 32.2. The van der Waals surface area contributed by atoms with Gasteiger partial charge in [-0.15, -0.1) is 0 Å². The number of amidine groups is 1. The fourth-order valence-electron chi connectivity index (χ4n) is 2.08. The zero-order chi connectivity index (χ0) is 14.5. The van der Waals surface area contributed by atoms with E-state index in [-0.39, 0.29) is 10.6 Å². The molecular weight excluding hydrogens is 274 g/mol. The molecule has 20 heavy (non-hydrogen) atoms. The monoisotopic (exact) mass is 293 g/mol. The van der Waals surface area contributed by atoms with Crippen LogP contribution >= 0.6 is 11.8 Å². The first-order chi connectivity index (χ1) is 9.61. The number of nitro groups is 1. The normalized spacial score (nSPS) is 16.9. The number of hydrogen-bond acceptors (Lipinski definition) is 4. The number of hydrogen-bond donors (Lipinski definition) is 0. The SMILES string of the molecule is CCCCN1CCSC1=Nc1ccc([N+](=O)[O-])cc1C. The van der Waals surface area contributed by atoms with Crippen LogP contribution in [-0.2, 0) is 0 Å². The minimum atomic E-state index is -0.373. The highest BCUT2D eigenvalue weighted by Gasteiger charge is 2.19. The van der Waals surface area contributed by atoms with Gasteiger partial charge in [0.2, 0.25) is 0 Å². The average molecular weight is 293 g/mol. The van der Waals surface area contributed by atoms with Gasteiger partial charge in [-0.05, 0) is 25.0 Å². The number of rotatable bonds is 5. The molecule has 0 bridgehead atoms. The Morgan fingerprint density at radius 2 is 2.30 bits per heavy atom. The lowest BCUT2D eigenvalue weighted by molar-refractivity contribution is -0.384. The molecule has 0 radical (unpaired) electrons. The fourth-order valence-corrected chi connectivity index (χ4v) is 3.10. The van der Waals surface area contributed by atoms with Crippen LogP contribution in [0.2, 0.25) is 0 Å². The van der Waals surface area contributed by atoms with Gasteiger partial charge in [0.25, 0.3) is 5.69 Å². The summed E-state index contributed by atoms with van der Waals surface area (Å²) >= 11 is 1.76. The third-order valence-electron chi connectivity index (χ3n) is 3.25. The lowest BCUT2D eigenvalue weighted by atomic mass is 10.2. The molecule has 6 heteroatoms. The molecule has 0 saturated carbocycles. The van der Waals surface area contributed by atoms with Crippen molar-refractivity contribution in [3.63, 3.8) is 0 Å². The molecule has 5 nitrogen and oxygen atoms in total. The van der Waals surface area contributed by atoms with Crippen molar-refractivity contribution in [1.29, 1.82) is 0 Å². The van der Waals surface area contributed by atoms with Gasteiger partial charge in [-0.3, -0.25) is 10.1 Å². The number of thioether (sulfide) groups is 1. The van der Waals surface area contributed by atoms with Gasteiger partial charge in [-0.2, -0.15) is 0 Å². The maximum Gasteiger partial charge on any atom is 0.269 e.